The van der Waals surface area contributed by atoms with Crippen LogP contribution in [0.15, 0.2) is 42.6 Å². The highest BCUT2D eigenvalue weighted by molar-refractivity contribution is 5.94. The third-order valence-corrected chi connectivity index (χ3v) is 4.42. The molecule has 1 N–H and O–H groups in total. The molecule has 0 atom stereocenters. The molecule has 0 radical (unpaired) electrons. The van der Waals surface area contributed by atoms with Crippen molar-refractivity contribution in [3.63, 3.8) is 0 Å². The van der Waals surface area contributed by atoms with Crippen molar-refractivity contribution >= 4 is 5.91 Å². The smallest absolute Gasteiger partial charge is 0.269 e. The lowest BCUT2D eigenvalue weighted by atomic mass is 10.2. The quantitative estimate of drug-likeness (QED) is 0.681. The fourth-order valence-corrected chi connectivity index (χ4v) is 2.94. The van der Waals surface area contributed by atoms with Crippen molar-refractivity contribution in [2.45, 2.75) is 26.3 Å². The molecule has 3 aromatic rings. The van der Waals surface area contributed by atoms with Crippen LogP contribution in [0.4, 0.5) is 0 Å². The maximum atomic E-state index is 11.9. The van der Waals surface area contributed by atoms with E-state index in [1.54, 1.807) is 23.0 Å². The summed E-state index contributed by atoms with van der Waals surface area (Å²) < 4.78 is 7.42. The molecule has 1 aromatic carbocycles. The van der Waals surface area contributed by atoms with Gasteiger partial charge in [0, 0.05) is 18.3 Å². The van der Waals surface area contributed by atoms with Gasteiger partial charge in [0.2, 0.25) is 0 Å². The van der Waals surface area contributed by atoms with Crippen LogP contribution in [0.1, 0.15) is 30.3 Å². The van der Waals surface area contributed by atoms with Crippen LogP contribution in [0.25, 0.3) is 22.8 Å². The number of fused-ring (bicyclic) bond motifs is 1. The number of hydrogen-bond donors (Lipinski definition) is 1. The summed E-state index contributed by atoms with van der Waals surface area (Å²) in [5.41, 5.74) is 2.83. The number of nitrogens with one attached hydrogen (secondary N) is 1. The van der Waals surface area contributed by atoms with E-state index in [2.05, 4.69) is 27.3 Å². The number of carbonyl (C=O) groups excluding carboxylic acids is 1. The predicted molar refractivity (Wildman–Crippen MR) is 101 cm³/mol. The molecule has 2 aromatic heterocycles. The van der Waals surface area contributed by atoms with Crippen molar-refractivity contribution in [3.05, 3.63) is 48.3 Å². The van der Waals surface area contributed by atoms with E-state index in [1.807, 2.05) is 24.3 Å². The van der Waals surface area contributed by atoms with E-state index in [9.17, 15) is 4.79 Å². The lowest BCUT2D eigenvalue weighted by Crippen LogP contribution is -2.35. The van der Waals surface area contributed by atoms with Gasteiger partial charge in [-0.3, -0.25) is 9.48 Å². The second-order valence-electron chi connectivity index (χ2n) is 6.39. The number of carbonyl (C=O) groups is 1. The lowest BCUT2D eigenvalue weighted by Gasteiger charge is -2.13. The molecule has 0 aliphatic carbocycles. The van der Waals surface area contributed by atoms with E-state index < -0.39 is 0 Å². The molecule has 7 heteroatoms. The minimum atomic E-state index is -0.104. The zero-order valence-electron chi connectivity index (χ0n) is 15.2. The van der Waals surface area contributed by atoms with E-state index in [0.29, 0.717) is 36.0 Å². The van der Waals surface area contributed by atoms with Gasteiger partial charge in [0.25, 0.3) is 5.91 Å². The summed E-state index contributed by atoms with van der Waals surface area (Å²) in [6.07, 6.45) is 3.86. The topological polar surface area (TPSA) is 81.9 Å². The van der Waals surface area contributed by atoms with Crippen molar-refractivity contribution in [2.75, 3.05) is 13.2 Å². The molecule has 3 heterocycles. The van der Waals surface area contributed by atoms with Gasteiger partial charge in [-0.25, -0.2) is 9.97 Å². The fourth-order valence-electron chi connectivity index (χ4n) is 2.94. The minimum Gasteiger partial charge on any atom is -0.494 e. The van der Waals surface area contributed by atoms with Crippen LogP contribution in [0.3, 0.4) is 0 Å². The van der Waals surface area contributed by atoms with Crippen LogP contribution in [0, 0.1) is 0 Å². The van der Waals surface area contributed by atoms with Gasteiger partial charge in [0.15, 0.2) is 5.82 Å². The predicted octanol–water partition coefficient (Wildman–Crippen LogP) is 2.93. The van der Waals surface area contributed by atoms with Crippen molar-refractivity contribution < 1.29 is 9.53 Å². The highest BCUT2D eigenvalue weighted by atomic mass is 16.5. The van der Waals surface area contributed by atoms with Gasteiger partial charge < -0.3 is 10.1 Å². The van der Waals surface area contributed by atoms with Crippen LogP contribution < -0.4 is 10.1 Å². The van der Waals surface area contributed by atoms with Crippen molar-refractivity contribution in [2.24, 2.45) is 0 Å². The van der Waals surface area contributed by atoms with Gasteiger partial charge in [-0.15, -0.1) is 0 Å². The van der Waals surface area contributed by atoms with Crippen molar-refractivity contribution in [3.8, 4) is 28.5 Å². The SMILES string of the molecule is CCCCOc1ccc(-c2nccc(-c3cc4n(n3)CCNC4=O)n2)cc1. The first kappa shape index (κ1) is 17.2. The molecule has 1 aliphatic rings. The second kappa shape index (κ2) is 7.57. The molecule has 4 rings (SSSR count). The number of aromatic nitrogens is 4. The molecule has 0 bridgehead atoms. The molecule has 0 unspecified atom stereocenters. The first-order chi connectivity index (χ1) is 13.2. The molecule has 0 saturated heterocycles. The van der Waals surface area contributed by atoms with Crippen LogP contribution in [0.2, 0.25) is 0 Å². The van der Waals surface area contributed by atoms with E-state index in [0.717, 1.165) is 30.8 Å². The monoisotopic (exact) mass is 363 g/mol. The van der Waals surface area contributed by atoms with Gasteiger partial charge in [0.1, 0.15) is 17.1 Å². The summed E-state index contributed by atoms with van der Waals surface area (Å²) in [4.78, 5) is 20.9. The Hall–Kier alpha value is -3.22. The Morgan fingerprint density at radius 1 is 1.19 bits per heavy atom. The highest BCUT2D eigenvalue weighted by Gasteiger charge is 2.20. The molecule has 7 nitrogen and oxygen atoms in total. The van der Waals surface area contributed by atoms with E-state index in [4.69, 9.17) is 4.74 Å². The molecule has 138 valence electrons. The number of benzene rings is 1. The molecule has 0 fully saturated rings. The number of rotatable bonds is 6. The Morgan fingerprint density at radius 2 is 2.04 bits per heavy atom. The van der Waals surface area contributed by atoms with E-state index in [1.165, 1.54) is 0 Å². The Kier molecular flexibility index (Phi) is 4.82. The Bertz CT molecular complexity index is 949. The molecular weight excluding hydrogens is 342 g/mol. The maximum Gasteiger partial charge on any atom is 0.269 e. The van der Waals surface area contributed by atoms with Crippen LogP contribution in [0.5, 0.6) is 5.75 Å². The van der Waals surface area contributed by atoms with Crippen molar-refractivity contribution in [1.82, 2.24) is 25.1 Å². The largest absolute Gasteiger partial charge is 0.494 e. The standard InChI is InChI=1S/C20H21N5O2/c1-2-3-12-27-15-6-4-14(5-7-15)19-21-9-8-16(23-19)17-13-18-20(26)22-10-11-25(18)24-17/h4-9,13H,2-3,10-12H2,1H3,(H,22,26). The third-order valence-electron chi connectivity index (χ3n) is 4.42. The molecule has 0 saturated carbocycles. The van der Waals surface area contributed by atoms with Gasteiger partial charge in [-0.05, 0) is 42.8 Å². The molecule has 27 heavy (non-hydrogen) atoms. The molecule has 1 amide bonds. The van der Waals surface area contributed by atoms with Gasteiger partial charge in [-0.1, -0.05) is 13.3 Å². The summed E-state index contributed by atoms with van der Waals surface area (Å²) in [5.74, 6) is 1.35. The number of amides is 1. The zero-order valence-corrected chi connectivity index (χ0v) is 15.2. The van der Waals surface area contributed by atoms with Crippen LogP contribution in [-0.4, -0.2) is 38.8 Å². The second-order valence-corrected chi connectivity index (χ2v) is 6.39. The molecule has 1 aliphatic heterocycles. The average Bonchev–Trinajstić information content (AvgIpc) is 3.15. The van der Waals surface area contributed by atoms with E-state index in [-0.39, 0.29) is 5.91 Å². The summed E-state index contributed by atoms with van der Waals surface area (Å²) >= 11 is 0. The van der Waals surface area contributed by atoms with Crippen LogP contribution >= 0.6 is 0 Å². The van der Waals surface area contributed by atoms with Gasteiger partial charge in [-0.2, -0.15) is 5.10 Å². The summed E-state index contributed by atoms with van der Waals surface area (Å²) in [6.45, 7) is 4.12. The van der Waals surface area contributed by atoms with Crippen molar-refractivity contribution in [1.29, 1.82) is 0 Å². The number of nitrogens with zero attached hydrogens (tertiary/aromatic N) is 4. The van der Waals surface area contributed by atoms with E-state index >= 15 is 0 Å². The van der Waals surface area contributed by atoms with Gasteiger partial charge >= 0.3 is 0 Å². The minimum absolute atomic E-state index is 0.104. The number of ether oxygens (including phenoxy) is 1. The number of hydrogen-bond acceptors (Lipinski definition) is 5. The van der Waals surface area contributed by atoms with Gasteiger partial charge in [0.05, 0.1) is 18.8 Å². The fraction of sp³-hybridized carbons (Fsp3) is 0.300. The van der Waals surface area contributed by atoms with Crippen LogP contribution in [-0.2, 0) is 6.54 Å². The Labute approximate surface area is 157 Å². The first-order valence-corrected chi connectivity index (χ1v) is 9.17. The normalized spacial score (nSPS) is 13.1. The third kappa shape index (κ3) is 3.67. The lowest BCUT2D eigenvalue weighted by molar-refractivity contribution is 0.0924. The first-order valence-electron chi connectivity index (χ1n) is 9.17. The highest BCUT2D eigenvalue weighted by Crippen LogP contribution is 2.23. The summed E-state index contributed by atoms with van der Waals surface area (Å²) in [6, 6.07) is 11.3. The summed E-state index contributed by atoms with van der Waals surface area (Å²) in [5, 5.41) is 7.33. The summed E-state index contributed by atoms with van der Waals surface area (Å²) in [7, 11) is 0. The average molecular weight is 363 g/mol. The maximum absolute atomic E-state index is 11.9. The number of unbranched alkanes of at least 4 members (excludes halogenated alkanes) is 1. The Balaban J connectivity index is 1.57. The Morgan fingerprint density at radius 3 is 2.81 bits per heavy atom. The molecule has 0 spiro atoms. The zero-order chi connectivity index (χ0) is 18.6. The molecular formula is C20H21N5O2.